The molecule has 0 saturated carbocycles. The van der Waals surface area contributed by atoms with Crippen molar-refractivity contribution in [2.45, 2.75) is 6.54 Å². The molecule has 2 rings (SSSR count). The molecule has 1 aromatic carbocycles. The minimum Gasteiger partial charge on any atom is -0.384 e. The molecule has 0 unspecified atom stereocenters. The molecule has 20 heavy (non-hydrogen) atoms. The largest absolute Gasteiger partial charge is 0.384 e. The number of hydrogen-bond donors (Lipinski definition) is 2. The Bertz CT molecular complexity index is 665. The molecule has 0 atom stereocenters. The van der Waals surface area contributed by atoms with Gasteiger partial charge in [0.1, 0.15) is 6.61 Å². The van der Waals surface area contributed by atoms with E-state index < -0.39 is 0 Å². The fraction of sp³-hybridized carbons (Fsp3) is 0.200. The van der Waals surface area contributed by atoms with Gasteiger partial charge in [0.15, 0.2) is 0 Å². The fourth-order valence-corrected chi connectivity index (χ4v) is 1.73. The summed E-state index contributed by atoms with van der Waals surface area (Å²) in [6, 6.07) is 8.83. The van der Waals surface area contributed by atoms with E-state index in [2.05, 4.69) is 22.3 Å². The molecule has 0 aliphatic carbocycles. The van der Waals surface area contributed by atoms with Gasteiger partial charge < -0.3 is 10.4 Å². The van der Waals surface area contributed by atoms with Crippen LogP contribution in [0.15, 0.2) is 36.5 Å². The maximum Gasteiger partial charge on any atom is 0.251 e. The van der Waals surface area contributed by atoms with Gasteiger partial charge in [0, 0.05) is 24.4 Å². The van der Waals surface area contributed by atoms with Crippen LogP contribution in [0.2, 0.25) is 0 Å². The lowest BCUT2D eigenvalue weighted by atomic mass is 10.1. The Morgan fingerprint density at radius 3 is 3.00 bits per heavy atom. The van der Waals surface area contributed by atoms with Crippen LogP contribution in [0, 0.1) is 11.8 Å². The molecule has 1 heterocycles. The third-order valence-corrected chi connectivity index (χ3v) is 2.79. The van der Waals surface area contributed by atoms with Gasteiger partial charge in [-0.15, -0.1) is 0 Å². The van der Waals surface area contributed by atoms with E-state index in [4.69, 9.17) is 5.11 Å². The van der Waals surface area contributed by atoms with E-state index in [1.54, 1.807) is 35.1 Å². The fourth-order valence-electron chi connectivity index (χ4n) is 1.73. The minimum atomic E-state index is -0.198. The lowest BCUT2D eigenvalue weighted by Gasteiger charge is -2.06. The molecule has 0 radical (unpaired) electrons. The van der Waals surface area contributed by atoms with Crippen molar-refractivity contribution in [3.63, 3.8) is 0 Å². The number of rotatable bonds is 3. The van der Waals surface area contributed by atoms with Crippen LogP contribution >= 0.6 is 0 Å². The van der Waals surface area contributed by atoms with E-state index in [-0.39, 0.29) is 12.5 Å². The summed E-state index contributed by atoms with van der Waals surface area (Å²) in [6.45, 7) is 0.221. The normalized spacial score (nSPS) is 9.70. The quantitative estimate of drug-likeness (QED) is 0.806. The number of carbonyl (C=O) groups excluding carboxylic acids is 1. The van der Waals surface area contributed by atoms with Crippen molar-refractivity contribution in [2.75, 3.05) is 6.61 Å². The zero-order chi connectivity index (χ0) is 14.4. The van der Waals surface area contributed by atoms with E-state index >= 15 is 0 Å². The van der Waals surface area contributed by atoms with Gasteiger partial charge in [-0.05, 0) is 24.3 Å². The molecular weight excluding hydrogens is 254 g/mol. The zero-order valence-electron chi connectivity index (χ0n) is 11.1. The van der Waals surface area contributed by atoms with Crippen molar-refractivity contribution in [1.29, 1.82) is 0 Å². The first kappa shape index (κ1) is 13.8. The molecule has 0 aliphatic heterocycles. The lowest BCUT2D eigenvalue weighted by Crippen LogP contribution is -2.24. The Labute approximate surface area is 117 Å². The number of aliphatic hydroxyl groups excluding tert-OH is 1. The average molecular weight is 269 g/mol. The Morgan fingerprint density at radius 1 is 1.45 bits per heavy atom. The molecular formula is C15H15N3O2. The maximum atomic E-state index is 12.0. The van der Waals surface area contributed by atoms with Crippen LogP contribution in [0.25, 0.3) is 0 Å². The number of aliphatic hydroxyl groups is 1. The van der Waals surface area contributed by atoms with Gasteiger partial charge in [0.25, 0.3) is 5.91 Å². The van der Waals surface area contributed by atoms with Crippen molar-refractivity contribution >= 4 is 5.91 Å². The lowest BCUT2D eigenvalue weighted by molar-refractivity contribution is 0.0950. The SMILES string of the molecule is Cn1nccc1CNC(=O)c1cccc(C#CCO)c1. The number of aryl methyl sites for hydroxylation is 1. The minimum absolute atomic E-state index is 0.168. The third-order valence-electron chi connectivity index (χ3n) is 2.79. The van der Waals surface area contributed by atoms with E-state index in [9.17, 15) is 4.79 Å². The summed E-state index contributed by atoms with van der Waals surface area (Å²) in [4.78, 5) is 12.0. The summed E-state index contributed by atoms with van der Waals surface area (Å²) in [6.07, 6.45) is 1.69. The second-order valence-corrected chi connectivity index (χ2v) is 4.17. The molecule has 1 aromatic heterocycles. The highest BCUT2D eigenvalue weighted by molar-refractivity contribution is 5.94. The molecule has 0 bridgehead atoms. The molecule has 1 amide bonds. The van der Waals surface area contributed by atoms with Gasteiger partial charge >= 0.3 is 0 Å². The highest BCUT2D eigenvalue weighted by Gasteiger charge is 2.06. The molecule has 0 saturated heterocycles. The molecule has 5 nitrogen and oxygen atoms in total. The van der Waals surface area contributed by atoms with Crippen molar-refractivity contribution in [2.24, 2.45) is 7.05 Å². The number of nitrogens with one attached hydrogen (secondary N) is 1. The Hall–Kier alpha value is -2.58. The standard InChI is InChI=1S/C15H15N3O2/c1-18-14(7-8-17-18)11-16-15(20)13-6-2-4-12(10-13)5-3-9-19/h2,4,6-8,10,19H,9,11H2,1H3,(H,16,20). The molecule has 0 fully saturated rings. The highest BCUT2D eigenvalue weighted by Crippen LogP contribution is 2.05. The predicted octanol–water partition coefficient (Wildman–Crippen LogP) is 0.694. The smallest absolute Gasteiger partial charge is 0.251 e. The summed E-state index contributed by atoms with van der Waals surface area (Å²) >= 11 is 0. The zero-order valence-corrected chi connectivity index (χ0v) is 11.1. The summed E-state index contributed by atoms with van der Waals surface area (Å²) < 4.78 is 1.71. The number of carbonyl (C=O) groups is 1. The van der Waals surface area contributed by atoms with E-state index in [1.165, 1.54) is 0 Å². The van der Waals surface area contributed by atoms with Gasteiger partial charge in [-0.25, -0.2) is 0 Å². The van der Waals surface area contributed by atoms with Crippen LogP contribution in [0.4, 0.5) is 0 Å². The van der Waals surface area contributed by atoms with Crippen LogP contribution < -0.4 is 5.32 Å². The number of aromatic nitrogens is 2. The monoisotopic (exact) mass is 269 g/mol. The molecule has 102 valence electrons. The van der Waals surface area contributed by atoms with Crippen LogP contribution in [-0.2, 0) is 13.6 Å². The van der Waals surface area contributed by atoms with Gasteiger partial charge in [-0.1, -0.05) is 17.9 Å². The van der Waals surface area contributed by atoms with Crippen molar-refractivity contribution in [3.05, 3.63) is 53.3 Å². The van der Waals surface area contributed by atoms with Crippen LogP contribution in [-0.4, -0.2) is 27.4 Å². The average Bonchev–Trinajstić information content (AvgIpc) is 2.88. The van der Waals surface area contributed by atoms with Crippen LogP contribution in [0.1, 0.15) is 21.6 Å². The Morgan fingerprint density at radius 2 is 2.30 bits per heavy atom. The third kappa shape index (κ3) is 3.46. The van der Waals surface area contributed by atoms with E-state index in [0.29, 0.717) is 17.7 Å². The second-order valence-electron chi connectivity index (χ2n) is 4.17. The first-order valence-corrected chi connectivity index (χ1v) is 6.15. The highest BCUT2D eigenvalue weighted by atomic mass is 16.2. The topological polar surface area (TPSA) is 67.2 Å². The van der Waals surface area contributed by atoms with E-state index in [0.717, 1.165) is 5.69 Å². The number of benzene rings is 1. The van der Waals surface area contributed by atoms with Gasteiger partial charge in [0.05, 0.1) is 12.2 Å². The summed E-state index contributed by atoms with van der Waals surface area (Å²) in [7, 11) is 1.83. The van der Waals surface area contributed by atoms with E-state index in [1.807, 2.05) is 13.1 Å². The van der Waals surface area contributed by atoms with Crippen molar-refractivity contribution in [3.8, 4) is 11.8 Å². The van der Waals surface area contributed by atoms with Crippen molar-refractivity contribution in [1.82, 2.24) is 15.1 Å². The van der Waals surface area contributed by atoms with Gasteiger partial charge in [-0.3, -0.25) is 9.48 Å². The Kier molecular flexibility index (Phi) is 4.53. The first-order valence-electron chi connectivity index (χ1n) is 6.15. The number of nitrogens with zero attached hydrogens (tertiary/aromatic N) is 2. The first-order chi connectivity index (χ1) is 9.70. The second kappa shape index (κ2) is 6.55. The molecule has 5 heteroatoms. The van der Waals surface area contributed by atoms with Crippen LogP contribution in [0.3, 0.4) is 0 Å². The molecule has 2 N–H and O–H groups in total. The number of amides is 1. The summed E-state index contributed by atoms with van der Waals surface area (Å²) in [5, 5.41) is 15.5. The van der Waals surface area contributed by atoms with Gasteiger partial charge in [0.2, 0.25) is 0 Å². The summed E-state index contributed by atoms with van der Waals surface area (Å²) in [5.41, 5.74) is 2.17. The predicted molar refractivity (Wildman–Crippen MR) is 74.8 cm³/mol. The molecule has 0 aliphatic rings. The number of hydrogen-bond acceptors (Lipinski definition) is 3. The Balaban J connectivity index is 2.04. The summed E-state index contributed by atoms with van der Waals surface area (Å²) in [5.74, 6) is 5.16. The van der Waals surface area contributed by atoms with Crippen LogP contribution in [0.5, 0.6) is 0 Å². The maximum absolute atomic E-state index is 12.0. The van der Waals surface area contributed by atoms with Crippen molar-refractivity contribution < 1.29 is 9.90 Å². The van der Waals surface area contributed by atoms with Gasteiger partial charge in [-0.2, -0.15) is 5.10 Å². The molecule has 2 aromatic rings. The molecule has 0 spiro atoms.